The Hall–Kier alpha value is -3.74. The number of aryl methyl sites for hydroxylation is 1. The van der Waals surface area contributed by atoms with Crippen molar-refractivity contribution in [1.82, 2.24) is 24.1 Å². The minimum absolute atomic E-state index is 0.0545. The average Bonchev–Trinajstić information content (AvgIpc) is 3.31. The minimum Gasteiger partial charge on any atom is -0.341 e. The summed E-state index contributed by atoms with van der Waals surface area (Å²) in [7, 11) is 0. The highest BCUT2D eigenvalue weighted by Gasteiger charge is 2.23. The Morgan fingerprint density at radius 2 is 1.65 bits per heavy atom. The molecule has 7 nitrogen and oxygen atoms in total. The molecule has 2 aromatic heterocycles. The summed E-state index contributed by atoms with van der Waals surface area (Å²) in [4.78, 5) is 33.4. The molecule has 0 atom stereocenters. The van der Waals surface area contributed by atoms with Crippen LogP contribution in [-0.2, 0) is 17.8 Å². The predicted octanol–water partition coefficient (Wildman–Crippen LogP) is 3.78. The molecule has 1 aliphatic rings. The van der Waals surface area contributed by atoms with E-state index in [1.807, 2.05) is 77.9 Å². The molecule has 0 bridgehead atoms. The summed E-state index contributed by atoms with van der Waals surface area (Å²) in [6.45, 7) is 5.64. The fourth-order valence-electron chi connectivity index (χ4n) is 4.61. The Labute approximate surface area is 198 Å². The molecule has 5 rings (SSSR count). The molecular formula is C27H29N5O2. The number of rotatable bonds is 5. The van der Waals surface area contributed by atoms with E-state index in [9.17, 15) is 9.59 Å². The smallest absolute Gasteiger partial charge is 0.279 e. The van der Waals surface area contributed by atoms with Gasteiger partial charge < -0.3 is 9.47 Å². The number of fused-ring (bicyclic) bond motifs is 1. The van der Waals surface area contributed by atoms with E-state index in [4.69, 9.17) is 4.98 Å². The quantitative estimate of drug-likeness (QED) is 0.459. The first kappa shape index (κ1) is 22.1. The third-order valence-corrected chi connectivity index (χ3v) is 6.66. The lowest BCUT2D eigenvalue weighted by molar-refractivity contribution is -0.132. The zero-order chi connectivity index (χ0) is 23.7. The topological polar surface area (TPSA) is 72.5 Å². The zero-order valence-electron chi connectivity index (χ0n) is 19.7. The highest BCUT2D eigenvalue weighted by molar-refractivity contribution is 5.77. The highest BCUT2D eigenvalue weighted by atomic mass is 16.2. The van der Waals surface area contributed by atoms with Crippen LogP contribution in [0.15, 0.2) is 59.4 Å². The van der Waals surface area contributed by atoms with Gasteiger partial charge in [-0.15, -0.1) is 5.10 Å². The van der Waals surface area contributed by atoms with E-state index in [-0.39, 0.29) is 18.0 Å². The summed E-state index contributed by atoms with van der Waals surface area (Å²) in [5.41, 5.74) is 4.21. The van der Waals surface area contributed by atoms with Gasteiger partial charge in [0.2, 0.25) is 11.7 Å². The number of amides is 1. The maximum atomic E-state index is 13.5. The van der Waals surface area contributed by atoms with Crippen LogP contribution in [0, 0.1) is 13.8 Å². The molecule has 0 saturated carbocycles. The molecule has 1 fully saturated rings. The van der Waals surface area contributed by atoms with Crippen LogP contribution in [0.2, 0.25) is 0 Å². The van der Waals surface area contributed by atoms with E-state index in [0.717, 1.165) is 54.7 Å². The summed E-state index contributed by atoms with van der Waals surface area (Å²) in [6, 6.07) is 17.8. The number of likely N-dealkylation sites (tertiary alicyclic amines) is 1. The Balaban J connectivity index is 1.63. The van der Waals surface area contributed by atoms with Crippen molar-refractivity contribution in [2.45, 2.75) is 46.1 Å². The van der Waals surface area contributed by atoms with E-state index in [1.54, 1.807) is 0 Å². The number of hydrogen-bond acceptors (Lipinski definition) is 4. The maximum Gasteiger partial charge on any atom is 0.279 e. The number of aromatic nitrogens is 4. The Morgan fingerprint density at radius 3 is 2.35 bits per heavy atom. The van der Waals surface area contributed by atoms with Gasteiger partial charge in [-0.05, 0) is 38.7 Å². The Bertz CT molecular complexity index is 1380. The molecule has 2 aromatic carbocycles. The van der Waals surface area contributed by atoms with Gasteiger partial charge in [0.15, 0.2) is 5.82 Å². The van der Waals surface area contributed by atoms with Crippen molar-refractivity contribution in [3.8, 4) is 11.4 Å². The molecule has 7 heteroatoms. The van der Waals surface area contributed by atoms with Crippen LogP contribution in [0.3, 0.4) is 0 Å². The number of benzene rings is 2. The van der Waals surface area contributed by atoms with E-state index >= 15 is 0 Å². The molecule has 1 aliphatic heterocycles. The number of carbonyl (C=O) groups is 1. The highest BCUT2D eigenvalue weighted by Crippen LogP contribution is 2.20. The van der Waals surface area contributed by atoms with Crippen LogP contribution in [0.5, 0.6) is 0 Å². The molecule has 0 unspecified atom stereocenters. The van der Waals surface area contributed by atoms with Gasteiger partial charge in [0.25, 0.3) is 5.56 Å². The van der Waals surface area contributed by atoms with Gasteiger partial charge in [-0.2, -0.15) is 9.50 Å². The number of carbonyl (C=O) groups excluding carboxylic acids is 1. The summed E-state index contributed by atoms with van der Waals surface area (Å²) in [6.07, 6.45) is 3.70. The second-order valence-electron chi connectivity index (χ2n) is 9.07. The first-order chi connectivity index (χ1) is 16.5. The lowest BCUT2D eigenvalue weighted by Crippen LogP contribution is -2.39. The first-order valence-electron chi connectivity index (χ1n) is 11.9. The van der Waals surface area contributed by atoms with Crippen molar-refractivity contribution in [2.75, 3.05) is 13.1 Å². The third-order valence-electron chi connectivity index (χ3n) is 6.66. The van der Waals surface area contributed by atoms with Crippen LogP contribution >= 0.6 is 0 Å². The monoisotopic (exact) mass is 455 g/mol. The number of piperidine rings is 1. The average molecular weight is 456 g/mol. The van der Waals surface area contributed by atoms with Gasteiger partial charge in [0, 0.05) is 36.3 Å². The molecule has 0 aliphatic carbocycles. The van der Waals surface area contributed by atoms with Crippen LogP contribution in [0.1, 0.15) is 41.6 Å². The molecule has 34 heavy (non-hydrogen) atoms. The van der Waals surface area contributed by atoms with Crippen molar-refractivity contribution < 1.29 is 4.79 Å². The van der Waals surface area contributed by atoms with Crippen molar-refractivity contribution in [3.05, 3.63) is 87.3 Å². The Morgan fingerprint density at radius 1 is 0.941 bits per heavy atom. The minimum atomic E-state index is -0.191. The summed E-state index contributed by atoms with van der Waals surface area (Å²) < 4.78 is 3.23. The third kappa shape index (κ3) is 4.25. The van der Waals surface area contributed by atoms with Crippen LogP contribution in [0.4, 0.5) is 0 Å². The summed E-state index contributed by atoms with van der Waals surface area (Å²) >= 11 is 0. The van der Waals surface area contributed by atoms with E-state index in [1.165, 1.54) is 4.52 Å². The maximum absolute atomic E-state index is 13.5. The molecule has 1 saturated heterocycles. The van der Waals surface area contributed by atoms with Gasteiger partial charge in [0.1, 0.15) is 6.54 Å². The van der Waals surface area contributed by atoms with Crippen molar-refractivity contribution in [2.24, 2.45) is 0 Å². The van der Waals surface area contributed by atoms with Crippen molar-refractivity contribution >= 4 is 11.7 Å². The second kappa shape index (κ2) is 9.25. The molecule has 0 radical (unpaired) electrons. The summed E-state index contributed by atoms with van der Waals surface area (Å²) in [5.74, 6) is 0.937. The van der Waals surface area contributed by atoms with Gasteiger partial charge >= 0.3 is 0 Å². The van der Waals surface area contributed by atoms with Crippen LogP contribution < -0.4 is 5.56 Å². The van der Waals surface area contributed by atoms with Gasteiger partial charge in [0.05, 0.1) is 0 Å². The zero-order valence-corrected chi connectivity index (χ0v) is 19.7. The molecule has 0 spiro atoms. The number of hydrogen-bond donors (Lipinski definition) is 0. The fraction of sp³-hybridized carbons (Fsp3) is 0.333. The van der Waals surface area contributed by atoms with Crippen LogP contribution in [-0.4, -0.2) is 43.1 Å². The molecule has 174 valence electrons. The molecule has 0 N–H and O–H groups in total. The van der Waals surface area contributed by atoms with Gasteiger partial charge in [-0.3, -0.25) is 9.59 Å². The van der Waals surface area contributed by atoms with E-state index < -0.39 is 0 Å². The van der Waals surface area contributed by atoms with Gasteiger partial charge in [-0.1, -0.05) is 60.2 Å². The predicted molar refractivity (Wildman–Crippen MR) is 132 cm³/mol. The molecule has 1 amide bonds. The fourth-order valence-corrected chi connectivity index (χ4v) is 4.61. The Kier molecular flexibility index (Phi) is 6.01. The summed E-state index contributed by atoms with van der Waals surface area (Å²) in [5, 5.41) is 4.58. The standard InChI is InChI=1S/C27H29N5O2/c1-19-11-13-22(14-12-19)25-28-27-31(18-24(33)30-15-7-4-8-16-30)20(2)23(26(34)32(27)29-25)17-21-9-5-3-6-10-21/h3,5-6,9-14H,4,7-8,15-18H2,1-2H3. The van der Waals surface area contributed by atoms with Crippen LogP contribution in [0.25, 0.3) is 17.2 Å². The molecule has 4 aromatic rings. The lowest BCUT2D eigenvalue weighted by atomic mass is 10.0. The van der Waals surface area contributed by atoms with Crippen molar-refractivity contribution in [3.63, 3.8) is 0 Å². The largest absolute Gasteiger partial charge is 0.341 e. The molecule has 3 heterocycles. The van der Waals surface area contributed by atoms with Crippen molar-refractivity contribution in [1.29, 1.82) is 0 Å². The second-order valence-corrected chi connectivity index (χ2v) is 9.07. The van der Waals surface area contributed by atoms with E-state index in [2.05, 4.69) is 5.10 Å². The first-order valence-corrected chi connectivity index (χ1v) is 11.9. The molecular weight excluding hydrogens is 426 g/mol. The lowest BCUT2D eigenvalue weighted by Gasteiger charge is -2.27. The van der Waals surface area contributed by atoms with E-state index in [0.29, 0.717) is 23.6 Å². The SMILES string of the molecule is Cc1ccc(-c2nc3n(CC(=O)N4CCCCC4)c(C)c(Cc4ccccc4)c(=O)n3n2)cc1. The normalized spacial score (nSPS) is 14.0. The number of nitrogens with zero attached hydrogens (tertiary/aromatic N) is 5. The van der Waals surface area contributed by atoms with Gasteiger partial charge in [-0.25, -0.2) is 0 Å².